The molecule has 0 aliphatic carbocycles. The molecule has 0 bridgehead atoms. The summed E-state index contributed by atoms with van der Waals surface area (Å²) < 4.78 is 25.7. The predicted octanol–water partition coefficient (Wildman–Crippen LogP) is 2.64. The first-order valence-corrected chi connectivity index (χ1v) is 5.21. The molecule has 5 heteroatoms. The van der Waals surface area contributed by atoms with E-state index in [4.69, 9.17) is 0 Å². The predicted molar refractivity (Wildman–Crippen MR) is 62.7 cm³/mol. The Labute approximate surface area is 99.8 Å². The number of ketones is 1. The molecule has 0 aliphatic heterocycles. The second-order valence-electron chi connectivity index (χ2n) is 3.11. The van der Waals surface area contributed by atoms with Gasteiger partial charge >= 0.3 is 0 Å². The third-order valence-electron chi connectivity index (χ3n) is 1.57. The number of carbonyl (C=O) groups excluding carboxylic acids is 1. The number of allylic oxidation sites excluding steroid dienone is 1. The van der Waals surface area contributed by atoms with Crippen LogP contribution in [-0.4, -0.2) is 29.8 Å². The van der Waals surface area contributed by atoms with Gasteiger partial charge in [-0.3, -0.25) is 4.79 Å². The molecular formula is C12H16F2N2O. The van der Waals surface area contributed by atoms with Crippen LogP contribution in [0.5, 0.6) is 0 Å². The monoisotopic (exact) mass is 242 g/mol. The van der Waals surface area contributed by atoms with Crippen LogP contribution in [0.4, 0.5) is 8.78 Å². The Bertz CT molecular complexity index is 403. The van der Waals surface area contributed by atoms with Crippen LogP contribution in [0.1, 0.15) is 24.3 Å². The van der Waals surface area contributed by atoms with Gasteiger partial charge in [0.25, 0.3) is 0 Å². The van der Waals surface area contributed by atoms with Crippen molar-refractivity contribution in [3.05, 3.63) is 41.9 Å². The number of hydrogen-bond donors (Lipinski definition) is 0. The van der Waals surface area contributed by atoms with Crippen LogP contribution in [0.15, 0.2) is 24.4 Å². The topological polar surface area (TPSA) is 33.2 Å². The minimum atomic E-state index is -0.877. The Morgan fingerprint density at radius 1 is 1.29 bits per heavy atom. The minimum Gasteiger partial charge on any atom is -0.383 e. The van der Waals surface area contributed by atoms with E-state index >= 15 is 0 Å². The number of aromatic nitrogens is 1. The third kappa shape index (κ3) is 5.19. The second-order valence-corrected chi connectivity index (χ2v) is 3.11. The fourth-order valence-electron chi connectivity index (χ4n) is 0.887. The van der Waals surface area contributed by atoms with E-state index in [1.807, 2.05) is 13.8 Å². The normalized spacial score (nSPS) is 9.76. The number of carbonyl (C=O) groups is 1. The lowest BCUT2D eigenvalue weighted by atomic mass is 10.2. The lowest BCUT2D eigenvalue weighted by Gasteiger charge is -2.02. The molecule has 0 atom stereocenters. The van der Waals surface area contributed by atoms with Crippen LogP contribution in [-0.2, 0) is 0 Å². The number of pyridine rings is 1. The molecule has 0 amide bonds. The van der Waals surface area contributed by atoms with Crippen molar-refractivity contribution in [1.29, 1.82) is 0 Å². The van der Waals surface area contributed by atoms with Crippen molar-refractivity contribution in [3.63, 3.8) is 0 Å². The van der Waals surface area contributed by atoms with Gasteiger partial charge < -0.3 is 4.90 Å². The first kappa shape index (κ1) is 15.2. The van der Waals surface area contributed by atoms with E-state index in [2.05, 4.69) is 4.98 Å². The zero-order valence-electron chi connectivity index (χ0n) is 10.4. The highest BCUT2D eigenvalue weighted by Gasteiger charge is 2.11. The van der Waals surface area contributed by atoms with E-state index in [-0.39, 0.29) is 0 Å². The summed E-state index contributed by atoms with van der Waals surface area (Å²) in [5, 5.41) is 0. The van der Waals surface area contributed by atoms with E-state index < -0.39 is 23.2 Å². The summed E-state index contributed by atoms with van der Waals surface area (Å²) in [5.41, 5.74) is -0.506. The highest BCUT2D eigenvalue weighted by Crippen LogP contribution is 2.06. The molecule has 0 fully saturated rings. The van der Waals surface area contributed by atoms with Crippen molar-refractivity contribution in [1.82, 2.24) is 9.88 Å². The van der Waals surface area contributed by atoms with Crippen molar-refractivity contribution < 1.29 is 13.6 Å². The van der Waals surface area contributed by atoms with Crippen LogP contribution in [0.25, 0.3) is 0 Å². The molecule has 1 aromatic rings. The quantitative estimate of drug-likeness (QED) is 0.464. The lowest BCUT2D eigenvalue weighted by Crippen LogP contribution is -2.07. The maximum absolute atomic E-state index is 13.0. The maximum atomic E-state index is 13.0. The summed E-state index contributed by atoms with van der Waals surface area (Å²) in [5.74, 6) is -2.37. The Hall–Kier alpha value is -1.78. The smallest absolute Gasteiger partial charge is 0.213 e. The third-order valence-corrected chi connectivity index (χ3v) is 1.57. The molecule has 17 heavy (non-hydrogen) atoms. The summed E-state index contributed by atoms with van der Waals surface area (Å²) in [6.07, 6.45) is 2.57. The number of halogens is 2. The van der Waals surface area contributed by atoms with E-state index in [9.17, 15) is 13.6 Å². The Kier molecular flexibility index (Phi) is 6.70. The van der Waals surface area contributed by atoms with E-state index in [0.29, 0.717) is 0 Å². The average Bonchev–Trinajstić information content (AvgIpc) is 2.31. The van der Waals surface area contributed by atoms with E-state index in [1.165, 1.54) is 6.20 Å². The molecule has 1 heterocycles. The molecule has 0 saturated heterocycles. The zero-order valence-corrected chi connectivity index (χ0v) is 10.4. The Morgan fingerprint density at radius 2 is 1.88 bits per heavy atom. The van der Waals surface area contributed by atoms with Gasteiger partial charge in [0, 0.05) is 26.4 Å². The Balaban J connectivity index is 0.00000121. The zero-order chi connectivity index (χ0) is 13.4. The standard InChI is InChI=1S/C10H10F2N2O.C2H6/c1-14(2)6-5-8(15)10-7(11)3-4-9(12)13-10;1-2/h3-6H,1-2H3;1-2H3/b6-5+;. The van der Waals surface area contributed by atoms with Gasteiger partial charge in [-0.1, -0.05) is 13.8 Å². The fraction of sp³-hybridized carbons (Fsp3) is 0.333. The van der Waals surface area contributed by atoms with Gasteiger partial charge in [0.1, 0.15) is 5.69 Å². The van der Waals surface area contributed by atoms with Gasteiger partial charge in [-0.2, -0.15) is 4.39 Å². The molecule has 94 valence electrons. The molecule has 0 saturated carbocycles. The molecule has 0 unspecified atom stereocenters. The first-order chi connectivity index (χ1) is 8.00. The van der Waals surface area contributed by atoms with Gasteiger partial charge in [0.05, 0.1) is 0 Å². The molecule has 0 N–H and O–H groups in total. The number of hydrogen-bond acceptors (Lipinski definition) is 3. The molecule has 1 rings (SSSR count). The van der Waals surface area contributed by atoms with Crippen LogP contribution < -0.4 is 0 Å². The van der Waals surface area contributed by atoms with Gasteiger partial charge in [-0.05, 0) is 12.1 Å². The highest BCUT2D eigenvalue weighted by atomic mass is 19.1. The number of rotatable bonds is 3. The summed E-state index contributed by atoms with van der Waals surface area (Å²) >= 11 is 0. The Morgan fingerprint density at radius 3 is 2.41 bits per heavy atom. The first-order valence-electron chi connectivity index (χ1n) is 5.21. The molecular weight excluding hydrogens is 226 g/mol. The highest BCUT2D eigenvalue weighted by molar-refractivity contribution is 6.03. The van der Waals surface area contributed by atoms with E-state index in [1.54, 1.807) is 19.0 Å². The van der Waals surface area contributed by atoms with Crippen LogP contribution >= 0.6 is 0 Å². The average molecular weight is 242 g/mol. The summed E-state index contributed by atoms with van der Waals surface area (Å²) in [7, 11) is 3.41. The minimum absolute atomic E-state index is 0.506. The van der Waals surface area contributed by atoms with Crippen molar-refractivity contribution >= 4 is 5.78 Å². The van der Waals surface area contributed by atoms with Crippen LogP contribution in [0, 0.1) is 11.8 Å². The van der Waals surface area contributed by atoms with Gasteiger partial charge in [0.15, 0.2) is 5.82 Å². The van der Waals surface area contributed by atoms with Crippen molar-refractivity contribution in [3.8, 4) is 0 Å². The molecule has 1 aromatic heterocycles. The molecule has 0 spiro atoms. The van der Waals surface area contributed by atoms with Crippen molar-refractivity contribution in [2.24, 2.45) is 0 Å². The van der Waals surface area contributed by atoms with Crippen LogP contribution in [0.3, 0.4) is 0 Å². The van der Waals surface area contributed by atoms with Gasteiger partial charge in [-0.25, -0.2) is 9.37 Å². The molecule has 0 radical (unpaired) electrons. The van der Waals surface area contributed by atoms with Crippen molar-refractivity contribution in [2.45, 2.75) is 13.8 Å². The summed E-state index contributed by atoms with van der Waals surface area (Å²) in [6, 6.07) is 1.74. The summed E-state index contributed by atoms with van der Waals surface area (Å²) in [4.78, 5) is 16.1. The largest absolute Gasteiger partial charge is 0.383 e. The number of nitrogens with zero attached hydrogens (tertiary/aromatic N) is 2. The lowest BCUT2D eigenvalue weighted by molar-refractivity contribution is 0.103. The SMILES string of the molecule is CC.CN(C)/C=C/C(=O)c1nc(F)ccc1F. The molecule has 0 aliphatic rings. The molecule has 0 aromatic carbocycles. The fourth-order valence-corrected chi connectivity index (χ4v) is 0.887. The van der Waals surface area contributed by atoms with Gasteiger partial charge in [-0.15, -0.1) is 0 Å². The molecule has 3 nitrogen and oxygen atoms in total. The van der Waals surface area contributed by atoms with E-state index in [0.717, 1.165) is 18.2 Å². The van der Waals surface area contributed by atoms with Gasteiger partial charge in [0.2, 0.25) is 11.7 Å². The van der Waals surface area contributed by atoms with Crippen LogP contribution in [0.2, 0.25) is 0 Å². The summed E-state index contributed by atoms with van der Waals surface area (Å²) in [6.45, 7) is 4.00. The van der Waals surface area contributed by atoms with Crippen molar-refractivity contribution in [2.75, 3.05) is 14.1 Å². The maximum Gasteiger partial charge on any atom is 0.213 e. The second kappa shape index (κ2) is 7.49.